The Labute approximate surface area is 318 Å². The van der Waals surface area contributed by atoms with Crippen LogP contribution in [-0.2, 0) is 20.3 Å². The molecule has 6 N–H and O–H groups in total. The fraction of sp³-hybridized carbons (Fsp3) is 0.667. The fourth-order valence-corrected chi connectivity index (χ4v) is 14.6. The standard InChI is InChI=1S/2C20H25N3O2.2CH4O/c2*1-2-18-8-5-10-23-11-9-19(16(18)23)13-6-3-4-7-14(13)21-20(19)15(12-18)25-17(24)22-20;2*1-2/h2*3-4,6-7,15-16,21H,2,5,8-12H2,1H3,(H,22,24);2*2H,1H3/t2*15-,16+,18+,19-,20-;;/m00../s1. The second-order valence-electron chi connectivity index (χ2n) is 17.4. The van der Waals surface area contributed by atoms with E-state index in [1.165, 1.54) is 61.3 Å². The van der Waals surface area contributed by atoms with E-state index >= 15 is 0 Å². The molecule has 2 aromatic carbocycles. The van der Waals surface area contributed by atoms with Crippen molar-refractivity contribution in [1.29, 1.82) is 0 Å². The minimum Gasteiger partial charge on any atom is -0.442 e. The molecule has 0 aromatic heterocycles. The van der Waals surface area contributed by atoms with Crippen molar-refractivity contribution >= 4 is 23.6 Å². The fourth-order valence-electron chi connectivity index (χ4n) is 14.6. The van der Waals surface area contributed by atoms with Gasteiger partial charge in [0.05, 0.1) is 10.8 Å². The molecule has 12 heteroatoms. The van der Waals surface area contributed by atoms with Crippen LogP contribution in [0.3, 0.4) is 0 Å². The van der Waals surface area contributed by atoms with Crippen LogP contribution in [0, 0.1) is 10.8 Å². The number of nitrogens with zero attached hydrogens (tertiary/aromatic N) is 2. The summed E-state index contributed by atoms with van der Waals surface area (Å²) in [6.07, 6.45) is 10.7. The van der Waals surface area contributed by atoms with Gasteiger partial charge < -0.3 is 30.3 Å². The average molecular weight is 743 g/mol. The van der Waals surface area contributed by atoms with Crippen molar-refractivity contribution in [1.82, 2.24) is 20.4 Å². The molecule has 0 unspecified atom stereocenters. The maximum atomic E-state index is 12.4. The highest BCUT2D eigenvalue weighted by Crippen LogP contribution is 2.70. The zero-order valence-corrected chi connectivity index (χ0v) is 32.2. The number of amides is 2. The van der Waals surface area contributed by atoms with Gasteiger partial charge in [-0.1, -0.05) is 50.2 Å². The third-order valence-electron chi connectivity index (χ3n) is 16.2. The van der Waals surface area contributed by atoms with Gasteiger partial charge >= 0.3 is 12.2 Å². The molecular formula is C42H58N6O6. The molecule has 8 heterocycles. The molecule has 8 aliphatic heterocycles. The number of carbonyl (C=O) groups is 2. The average Bonchev–Trinajstić information content (AvgIpc) is 4.04. The lowest BCUT2D eigenvalue weighted by Crippen LogP contribution is -2.76. The Bertz CT molecular complexity index is 1700. The van der Waals surface area contributed by atoms with Crippen LogP contribution >= 0.6 is 0 Å². The molecule has 2 aliphatic carbocycles. The monoisotopic (exact) mass is 742 g/mol. The van der Waals surface area contributed by atoms with Crippen LogP contribution in [0.5, 0.6) is 0 Å². The van der Waals surface area contributed by atoms with Crippen LogP contribution in [0.2, 0.25) is 0 Å². The second-order valence-corrected chi connectivity index (χ2v) is 17.4. The Morgan fingerprint density at radius 1 is 0.611 bits per heavy atom. The van der Waals surface area contributed by atoms with E-state index in [2.05, 4.69) is 93.4 Å². The van der Waals surface area contributed by atoms with Crippen LogP contribution in [0.25, 0.3) is 0 Å². The number of fused-ring (bicyclic) bond motifs is 2. The molecule has 10 atom stereocenters. The molecule has 12 rings (SSSR count). The van der Waals surface area contributed by atoms with Gasteiger partial charge in [-0.2, -0.15) is 0 Å². The maximum Gasteiger partial charge on any atom is 0.409 e. The summed E-state index contributed by atoms with van der Waals surface area (Å²) in [5.41, 5.74) is 4.48. The first-order valence-corrected chi connectivity index (χ1v) is 20.4. The van der Waals surface area contributed by atoms with Crippen LogP contribution < -0.4 is 21.3 Å². The van der Waals surface area contributed by atoms with Crippen molar-refractivity contribution in [3.05, 3.63) is 59.7 Å². The Balaban J connectivity index is 0.000000131. The van der Waals surface area contributed by atoms with Gasteiger partial charge in [0.1, 0.15) is 12.2 Å². The molecule has 12 nitrogen and oxygen atoms in total. The first-order chi connectivity index (χ1) is 26.3. The molecule has 4 spiro atoms. The zero-order valence-electron chi connectivity index (χ0n) is 32.2. The molecule has 8 fully saturated rings. The number of hydrogen-bond donors (Lipinski definition) is 6. The summed E-state index contributed by atoms with van der Waals surface area (Å²) in [7, 11) is 2.00. The van der Waals surface area contributed by atoms with E-state index in [-0.39, 0.29) is 46.1 Å². The largest absolute Gasteiger partial charge is 0.442 e. The van der Waals surface area contributed by atoms with E-state index in [1.807, 2.05) is 0 Å². The lowest BCUT2D eigenvalue weighted by atomic mass is 9.49. The number of benzene rings is 2. The first-order valence-electron chi connectivity index (χ1n) is 20.4. The lowest BCUT2D eigenvalue weighted by molar-refractivity contribution is -0.0963. The second kappa shape index (κ2) is 12.5. The van der Waals surface area contributed by atoms with E-state index in [4.69, 9.17) is 19.7 Å². The normalized spacial score (nSPS) is 43.1. The third kappa shape index (κ3) is 4.13. The van der Waals surface area contributed by atoms with E-state index in [0.717, 1.165) is 65.8 Å². The van der Waals surface area contributed by atoms with Crippen molar-refractivity contribution in [2.45, 2.75) is 125 Å². The molecule has 54 heavy (non-hydrogen) atoms. The number of anilines is 2. The van der Waals surface area contributed by atoms with Gasteiger partial charge in [-0.15, -0.1) is 0 Å². The van der Waals surface area contributed by atoms with Gasteiger partial charge in [0.2, 0.25) is 0 Å². The number of hydrogen-bond acceptors (Lipinski definition) is 10. The number of para-hydroxylation sites is 2. The molecule has 0 radical (unpaired) electrons. The highest BCUT2D eigenvalue weighted by Gasteiger charge is 2.80. The molecule has 2 saturated carbocycles. The van der Waals surface area contributed by atoms with Crippen LogP contribution in [0.1, 0.15) is 89.2 Å². The van der Waals surface area contributed by atoms with Crippen LogP contribution in [0.4, 0.5) is 21.0 Å². The Hall–Kier alpha value is -3.58. The Morgan fingerprint density at radius 3 is 1.43 bits per heavy atom. The van der Waals surface area contributed by atoms with Gasteiger partial charge in [0.25, 0.3) is 0 Å². The quantitative estimate of drug-likeness (QED) is 0.252. The van der Waals surface area contributed by atoms with E-state index in [0.29, 0.717) is 12.1 Å². The first kappa shape index (κ1) is 36.1. The summed E-state index contributed by atoms with van der Waals surface area (Å²) < 4.78 is 11.8. The number of piperidine rings is 2. The van der Waals surface area contributed by atoms with Gasteiger partial charge in [-0.05, 0) is 124 Å². The van der Waals surface area contributed by atoms with Gasteiger partial charge in [0.15, 0.2) is 11.3 Å². The van der Waals surface area contributed by atoms with Crippen molar-refractivity contribution < 1.29 is 29.3 Å². The van der Waals surface area contributed by atoms with Crippen LogP contribution in [-0.4, -0.2) is 108 Å². The summed E-state index contributed by atoms with van der Waals surface area (Å²) >= 11 is 0. The Kier molecular flexibility index (Phi) is 8.33. The number of carbonyl (C=O) groups excluding carboxylic acids is 2. The molecule has 292 valence electrons. The van der Waals surface area contributed by atoms with Crippen molar-refractivity contribution in [3.63, 3.8) is 0 Å². The number of rotatable bonds is 2. The lowest BCUT2D eigenvalue weighted by Gasteiger charge is -2.61. The molecule has 2 aromatic rings. The van der Waals surface area contributed by atoms with E-state index in [9.17, 15) is 9.59 Å². The third-order valence-corrected chi connectivity index (χ3v) is 16.2. The van der Waals surface area contributed by atoms with Crippen LogP contribution in [0.15, 0.2) is 48.5 Å². The van der Waals surface area contributed by atoms with E-state index < -0.39 is 11.3 Å². The summed E-state index contributed by atoms with van der Waals surface area (Å²) in [4.78, 5) is 30.2. The van der Waals surface area contributed by atoms with Crippen molar-refractivity contribution in [3.8, 4) is 0 Å². The predicted octanol–water partition coefficient (Wildman–Crippen LogP) is 4.86. The van der Waals surface area contributed by atoms with Crippen molar-refractivity contribution in [2.75, 3.05) is 51.0 Å². The minimum atomic E-state index is -0.483. The number of aliphatic hydroxyl groups is 2. The number of ether oxygens (including phenoxy) is 2. The van der Waals surface area contributed by atoms with E-state index in [1.54, 1.807) is 0 Å². The summed E-state index contributed by atoms with van der Waals surface area (Å²) in [5, 5.41) is 28.0. The van der Waals surface area contributed by atoms with Gasteiger partial charge in [-0.3, -0.25) is 20.4 Å². The highest BCUT2D eigenvalue weighted by atomic mass is 16.6. The number of alkyl carbamates (subject to hydrolysis) is 2. The SMILES string of the molecule is CC[C@@]12CCCN3CC[C@]4(c5ccccc5N[C@@]45NC(=O)O[C@H]5C1)[C@H]32.CC[C@@]12CCCN3CC[C@]4(c5ccccc5N[C@@]45NC(=O)O[C@H]5C1)[C@H]32.CO.CO. The summed E-state index contributed by atoms with van der Waals surface area (Å²) in [6.45, 7) is 9.28. The summed E-state index contributed by atoms with van der Waals surface area (Å²) in [5.74, 6) is 0. The zero-order chi connectivity index (χ0) is 37.7. The Morgan fingerprint density at radius 2 is 1.02 bits per heavy atom. The maximum absolute atomic E-state index is 12.4. The molecule has 2 amide bonds. The van der Waals surface area contributed by atoms with Crippen molar-refractivity contribution in [2.24, 2.45) is 10.8 Å². The molecule has 10 aliphatic rings. The minimum absolute atomic E-state index is 0.0882. The van der Waals surface area contributed by atoms with Gasteiger partial charge in [-0.25, -0.2) is 9.59 Å². The molecular weight excluding hydrogens is 684 g/mol. The smallest absolute Gasteiger partial charge is 0.409 e. The number of aliphatic hydroxyl groups excluding tert-OH is 2. The highest BCUT2D eigenvalue weighted by molar-refractivity contribution is 5.80. The molecule has 6 saturated heterocycles. The predicted molar refractivity (Wildman–Crippen MR) is 205 cm³/mol. The molecule has 0 bridgehead atoms. The topological polar surface area (TPSA) is 148 Å². The summed E-state index contributed by atoms with van der Waals surface area (Å²) in [6, 6.07) is 18.3. The number of nitrogens with one attached hydrogen (secondary N) is 4. The van der Waals surface area contributed by atoms with Gasteiger partial charge in [0, 0.05) is 37.7 Å².